The molecule has 0 spiro atoms. The maximum Gasteiger partial charge on any atom is 0.200 e. The summed E-state index contributed by atoms with van der Waals surface area (Å²) in [7, 11) is 0. The summed E-state index contributed by atoms with van der Waals surface area (Å²) in [6.45, 7) is 0.727. The van der Waals surface area contributed by atoms with E-state index in [0.717, 1.165) is 17.5 Å². The van der Waals surface area contributed by atoms with Crippen LogP contribution in [0.1, 0.15) is 5.01 Å². The number of H-pyrrole nitrogens is 1. The topological polar surface area (TPSA) is 53.6 Å². The summed E-state index contributed by atoms with van der Waals surface area (Å²) in [5.74, 6) is 0.783. The lowest BCUT2D eigenvalue weighted by molar-refractivity contribution is 1.06. The molecule has 62 valence electrons. The predicted octanol–water partition coefficient (Wildman–Crippen LogP) is 1.48. The van der Waals surface area contributed by atoms with Gasteiger partial charge in [0.1, 0.15) is 5.01 Å². The highest BCUT2D eigenvalue weighted by Crippen LogP contribution is 2.05. The number of anilines is 1. The molecule has 2 heterocycles. The number of hydrogen-bond acceptors (Lipinski definition) is 4. The first-order valence-corrected chi connectivity index (χ1v) is 4.45. The smallest absolute Gasteiger partial charge is 0.200 e. The van der Waals surface area contributed by atoms with Crippen molar-refractivity contribution in [2.75, 3.05) is 5.32 Å². The van der Waals surface area contributed by atoms with Gasteiger partial charge in [-0.2, -0.15) is 0 Å². The fraction of sp³-hybridized carbons (Fsp3) is 0.143. The Morgan fingerprint density at radius 2 is 2.42 bits per heavy atom. The maximum absolute atomic E-state index is 4.13. The third-order valence-corrected chi connectivity index (χ3v) is 2.17. The molecule has 0 amide bonds. The highest BCUT2D eigenvalue weighted by molar-refractivity contribution is 7.09. The predicted molar refractivity (Wildman–Crippen MR) is 48.0 cm³/mol. The molecule has 0 saturated carbocycles. The molecule has 0 unspecified atom stereocenters. The SMILES string of the molecule is c1c[nH]c(NCc2nccs2)n1. The molecule has 0 aliphatic rings. The van der Waals surface area contributed by atoms with Crippen molar-refractivity contribution >= 4 is 17.3 Å². The van der Waals surface area contributed by atoms with Gasteiger partial charge in [-0.25, -0.2) is 9.97 Å². The molecule has 0 atom stereocenters. The summed E-state index contributed by atoms with van der Waals surface area (Å²) in [6.07, 6.45) is 5.29. The minimum absolute atomic E-state index is 0.727. The van der Waals surface area contributed by atoms with Gasteiger partial charge in [-0.3, -0.25) is 0 Å². The van der Waals surface area contributed by atoms with Crippen LogP contribution in [-0.2, 0) is 6.54 Å². The molecule has 0 radical (unpaired) electrons. The third kappa shape index (κ3) is 1.62. The zero-order valence-corrected chi connectivity index (χ0v) is 7.14. The summed E-state index contributed by atoms with van der Waals surface area (Å²) in [5.41, 5.74) is 0. The van der Waals surface area contributed by atoms with E-state index in [-0.39, 0.29) is 0 Å². The van der Waals surface area contributed by atoms with Crippen molar-refractivity contribution < 1.29 is 0 Å². The van der Waals surface area contributed by atoms with E-state index in [1.165, 1.54) is 0 Å². The van der Waals surface area contributed by atoms with Crippen LogP contribution in [0, 0.1) is 0 Å². The molecule has 0 saturated heterocycles. The van der Waals surface area contributed by atoms with E-state index in [4.69, 9.17) is 0 Å². The zero-order chi connectivity index (χ0) is 8.23. The molecule has 0 aromatic carbocycles. The van der Waals surface area contributed by atoms with Gasteiger partial charge in [0, 0.05) is 24.0 Å². The highest BCUT2D eigenvalue weighted by atomic mass is 32.1. The quantitative estimate of drug-likeness (QED) is 0.752. The molecular formula is C7H8N4S. The Morgan fingerprint density at radius 3 is 3.08 bits per heavy atom. The average molecular weight is 180 g/mol. The first-order valence-electron chi connectivity index (χ1n) is 3.57. The number of nitrogens with one attached hydrogen (secondary N) is 2. The Bertz CT molecular complexity index is 279. The van der Waals surface area contributed by atoms with Crippen LogP contribution in [0.4, 0.5) is 5.95 Å². The second-order valence-corrected chi connectivity index (χ2v) is 3.20. The molecule has 2 rings (SSSR count). The Morgan fingerprint density at radius 1 is 1.42 bits per heavy atom. The normalized spacial score (nSPS) is 10.0. The van der Waals surface area contributed by atoms with Crippen molar-refractivity contribution in [1.82, 2.24) is 15.0 Å². The van der Waals surface area contributed by atoms with Crippen LogP contribution < -0.4 is 5.32 Å². The number of nitrogens with zero attached hydrogens (tertiary/aromatic N) is 2. The van der Waals surface area contributed by atoms with E-state index >= 15 is 0 Å². The molecule has 0 aliphatic carbocycles. The van der Waals surface area contributed by atoms with E-state index < -0.39 is 0 Å². The van der Waals surface area contributed by atoms with E-state index in [1.54, 1.807) is 29.9 Å². The van der Waals surface area contributed by atoms with E-state index in [1.807, 2.05) is 5.38 Å². The van der Waals surface area contributed by atoms with Crippen molar-refractivity contribution in [2.24, 2.45) is 0 Å². The van der Waals surface area contributed by atoms with Crippen LogP contribution in [0.2, 0.25) is 0 Å². The van der Waals surface area contributed by atoms with Crippen molar-refractivity contribution in [3.63, 3.8) is 0 Å². The van der Waals surface area contributed by atoms with Gasteiger partial charge in [-0.15, -0.1) is 11.3 Å². The van der Waals surface area contributed by atoms with Crippen molar-refractivity contribution in [1.29, 1.82) is 0 Å². The summed E-state index contributed by atoms with van der Waals surface area (Å²) in [4.78, 5) is 11.1. The van der Waals surface area contributed by atoms with Gasteiger partial charge in [-0.05, 0) is 0 Å². The first-order chi connectivity index (χ1) is 5.95. The molecule has 4 nitrogen and oxygen atoms in total. The molecule has 2 aromatic heterocycles. The van der Waals surface area contributed by atoms with Crippen LogP contribution in [0.25, 0.3) is 0 Å². The van der Waals surface area contributed by atoms with E-state index in [2.05, 4.69) is 20.3 Å². The minimum atomic E-state index is 0.727. The fourth-order valence-electron chi connectivity index (χ4n) is 0.862. The Balaban J connectivity index is 1.91. The van der Waals surface area contributed by atoms with Gasteiger partial charge in [0.05, 0.1) is 6.54 Å². The lowest BCUT2D eigenvalue weighted by atomic mass is 10.6. The molecule has 5 heteroatoms. The number of aromatic amines is 1. The number of imidazole rings is 1. The van der Waals surface area contributed by atoms with Crippen molar-refractivity contribution in [2.45, 2.75) is 6.54 Å². The van der Waals surface area contributed by atoms with Gasteiger partial charge >= 0.3 is 0 Å². The number of thiazole rings is 1. The second-order valence-electron chi connectivity index (χ2n) is 2.22. The average Bonchev–Trinajstić information content (AvgIpc) is 2.74. The molecule has 2 aromatic rings. The van der Waals surface area contributed by atoms with Crippen LogP contribution in [0.3, 0.4) is 0 Å². The Hall–Kier alpha value is -1.36. The van der Waals surface area contributed by atoms with Crippen LogP contribution in [0.15, 0.2) is 24.0 Å². The number of hydrogen-bond donors (Lipinski definition) is 2. The molecule has 0 fully saturated rings. The lowest BCUT2D eigenvalue weighted by Gasteiger charge is -1.97. The van der Waals surface area contributed by atoms with Crippen LogP contribution in [0.5, 0.6) is 0 Å². The Labute approximate surface area is 73.7 Å². The Kier molecular flexibility index (Phi) is 2.04. The van der Waals surface area contributed by atoms with Gasteiger partial charge in [0.15, 0.2) is 5.95 Å². The molecule has 0 aliphatic heterocycles. The minimum Gasteiger partial charge on any atom is -0.349 e. The number of aromatic nitrogens is 3. The molecule has 0 bridgehead atoms. The van der Waals surface area contributed by atoms with Gasteiger partial charge in [0.2, 0.25) is 0 Å². The van der Waals surface area contributed by atoms with Gasteiger partial charge in [0.25, 0.3) is 0 Å². The number of rotatable bonds is 3. The second kappa shape index (κ2) is 3.36. The van der Waals surface area contributed by atoms with Gasteiger partial charge < -0.3 is 10.3 Å². The molecular weight excluding hydrogens is 172 g/mol. The van der Waals surface area contributed by atoms with E-state index in [9.17, 15) is 0 Å². The molecule has 12 heavy (non-hydrogen) atoms. The monoisotopic (exact) mass is 180 g/mol. The third-order valence-electron chi connectivity index (χ3n) is 1.39. The summed E-state index contributed by atoms with van der Waals surface area (Å²) in [5, 5.41) is 6.13. The fourth-order valence-corrected chi connectivity index (χ4v) is 1.42. The highest BCUT2D eigenvalue weighted by Gasteiger charge is 1.95. The lowest BCUT2D eigenvalue weighted by Crippen LogP contribution is -1.99. The molecule has 2 N–H and O–H groups in total. The summed E-state index contributed by atoms with van der Waals surface area (Å²) >= 11 is 1.63. The zero-order valence-electron chi connectivity index (χ0n) is 6.32. The van der Waals surface area contributed by atoms with Crippen molar-refractivity contribution in [3.8, 4) is 0 Å². The standard InChI is InChI=1S/C7H8N4S/c1-2-10-7(9-1)11-5-6-8-3-4-12-6/h1-4H,5H2,(H2,9,10,11). The van der Waals surface area contributed by atoms with E-state index in [0.29, 0.717) is 0 Å². The van der Waals surface area contributed by atoms with Crippen LogP contribution in [-0.4, -0.2) is 15.0 Å². The maximum atomic E-state index is 4.13. The van der Waals surface area contributed by atoms with Crippen LogP contribution >= 0.6 is 11.3 Å². The largest absolute Gasteiger partial charge is 0.349 e. The van der Waals surface area contributed by atoms with Gasteiger partial charge in [-0.1, -0.05) is 0 Å². The van der Waals surface area contributed by atoms with Crippen molar-refractivity contribution in [3.05, 3.63) is 29.0 Å². The summed E-state index contributed by atoms with van der Waals surface area (Å²) in [6, 6.07) is 0. The first kappa shape index (κ1) is 7.30. The summed E-state index contributed by atoms with van der Waals surface area (Å²) < 4.78 is 0.